The summed E-state index contributed by atoms with van der Waals surface area (Å²) >= 11 is 0. The van der Waals surface area contributed by atoms with E-state index in [0.29, 0.717) is 40.7 Å². The summed E-state index contributed by atoms with van der Waals surface area (Å²) in [5.74, 6) is -0.489. The minimum absolute atomic E-state index is 0.00172. The van der Waals surface area contributed by atoms with E-state index in [4.69, 9.17) is 0 Å². The first-order chi connectivity index (χ1) is 18.3. The normalized spacial score (nSPS) is 11.9. The molecule has 7 nitrogen and oxygen atoms in total. The van der Waals surface area contributed by atoms with Gasteiger partial charge in [-0.15, -0.1) is 0 Å². The summed E-state index contributed by atoms with van der Waals surface area (Å²) < 4.78 is 1.60. The van der Waals surface area contributed by atoms with Gasteiger partial charge in [0.2, 0.25) is 11.8 Å². The van der Waals surface area contributed by atoms with E-state index < -0.39 is 6.04 Å². The Morgan fingerprint density at radius 1 is 0.974 bits per heavy atom. The molecule has 0 saturated heterocycles. The lowest BCUT2D eigenvalue weighted by Crippen LogP contribution is -2.48. The Bertz CT molecular complexity index is 1250. The van der Waals surface area contributed by atoms with Crippen LogP contribution in [0.3, 0.4) is 0 Å². The fourth-order valence-electron chi connectivity index (χ4n) is 4.88. The first-order valence-corrected chi connectivity index (χ1v) is 13.7. The molecule has 7 heteroatoms. The highest BCUT2D eigenvalue weighted by Gasteiger charge is 2.26. The molecule has 1 atom stereocenters. The highest BCUT2D eigenvalue weighted by Crippen LogP contribution is 2.30. The van der Waals surface area contributed by atoms with Gasteiger partial charge in [-0.3, -0.25) is 19.0 Å². The number of rotatable bonds is 13. The van der Waals surface area contributed by atoms with Gasteiger partial charge in [0.05, 0.1) is 11.9 Å². The number of likely N-dealkylation sites (N-methyl/N-ethyl adjacent to an activating group) is 1. The van der Waals surface area contributed by atoms with Crippen molar-refractivity contribution in [1.82, 2.24) is 14.8 Å². The van der Waals surface area contributed by atoms with Gasteiger partial charge in [0, 0.05) is 30.2 Å². The minimum atomic E-state index is -0.589. The van der Waals surface area contributed by atoms with Crippen LogP contribution in [-0.4, -0.2) is 51.9 Å². The molecule has 0 spiro atoms. The monoisotopic (exact) mass is 519 g/mol. The zero-order valence-electron chi connectivity index (χ0n) is 23.1. The van der Waals surface area contributed by atoms with Gasteiger partial charge in [-0.05, 0) is 55.7 Å². The lowest BCUT2D eigenvalue weighted by atomic mass is 10.0. The first kappa shape index (κ1) is 29.0. The van der Waals surface area contributed by atoms with Gasteiger partial charge in [0.25, 0.3) is 5.91 Å². The van der Waals surface area contributed by atoms with Crippen LogP contribution in [0.15, 0.2) is 48.5 Å². The molecule has 0 saturated carbocycles. The maximum Gasteiger partial charge on any atom is 0.262 e. The summed E-state index contributed by atoms with van der Waals surface area (Å²) in [5, 5.41) is 13.8. The average Bonchev–Trinajstić information content (AvgIpc) is 3.18. The summed E-state index contributed by atoms with van der Waals surface area (Å²) in [6.45, 7) is 6.69. The molecule has 0 fully saturated rings. The summed E-state index contributed by atoms with van der Waals surface area (Å²) in [6, 6.07) is 13.2. The predicted octanol–water partition coefficient (Wildman–Crippen LogP) is 5.60. The van der Waals surface area contributed by atoms with Crippen LogP contribution in [0.2, 0.25) is 0 Å². The van der Waals surface area contributed by atoms with E-state index >= 15 is 0 Å². The number of aromatic hydroxyl groups is 1. The molecule has 0 radical (unpaired) electrons. The van der Waals surface area contributed by atoms with Gasteiger partial charge in [-0.25, -0.2) is 0 Å². The van der Waals surface area contributed by atoms with Crippen LogP contribution in [0, 0.1) is 6.92 Å². The maximum atomic E-state index is 13.4. The van der Waals surface area contributed by atoms with Crippen LogP contribution < -0.4 is 5.32 Å². The number of nitrogens with one attached hydrogen (secondary N) is 1. The topological polar surface area (TPSA) is 91.6 Å². The number of carbonyl (C=O) groups is 3. The van der Waals surface area contributed by atoms with Crippen molar-refractivity contribution in [2.24, 2.45) is 0 Å². The molecule has 0 aliphatic rings. The molecule has 1 aromatic heterocycles. The molecular weight excluding hydrogens is 478 g/mol. The van der Waals surface area contributed by atoms with Gasteiger partial charge < -0.3 is 15.3 Å². The van der Waals surface area contributed by atoms with Crippen LogP contribution in [0.1, 0.15) is 80.4 Å². The Balaban J connectivity index is 1.88. The third kappa shape index (κ3) is 7.03. The molecule has 0 bridgehead atoms. The van der Waals surface area contributed by atoms with Gasteiger partial charge in [-0.1, -0.05) is 64.2 Å². The SMILES string of the molecule is CCCCCCC(NC(=O)Cc1c(C)n(C(=O)c2ccccc2)c2ccc(O)cc12)C(=O)N(C)CCCC. The van der Waals surface area contributed by atoms with Crippen LogP contribution in [0.5, 0.6) is 5.75 Å². The van der Waals surface area contributed by atoms with E-state index in [-0.39, 0.29) is 29.9 Å². The maximum absolute atomic E-state index is 13.4. The van der Waals surface area contributed by atoms with E-state index in [9.17, 15) is 19.5 Å². The fraction of sp³-hybridized carbons (Fsp3) is 0.452. The molecule has 0 aliphatic carbocycles. The molecule has 2 aromatic carbocycles. The molecule has 3 aromatic rings. The predicted molar refractivity (Wildman–Crippen MR) is 151 cm³/mol. The number of phenolic OH excluding ortho intramolecular Hbond substituents is 1. The molecule has 204 valence electrons. The molecule has 2 amide bonds. The highest BCUT2D eigenvalue weighted by atomic mass is 16.3. The Labute approximate surface area is 225 Å². The van der Waals surface area contributed by atoms with E-state index in [0.717, 1.165) is 38.5 Å². The number of benzene rings is 2. The van der Waals surface area contributed by atoms with Crippen molar-refractivity contribution in [3.8, 4) is 5.75 Å². The van der Waals surface area contributed by atoms with Crippen molar-refractivity contribution < 1.29 is 19.5 Å². The second-order valence-electron chi connectivity index (χ2n) is 10.0. The summed E-state index contributed by atoms with van der Waals surface area (Å²) in [5.41, 5.74) is 2.46. The highest BCUT2D eigenvalue weighted by molar-refractivity contribution is 6.05. The van der Waals surface area contributed by atoms with Crippen LogP contribution in [-0.2, 0) is 16.0 Å². The zero-order chi connectivity index (χ0) is 27.7. The Hall–Kier alpha value is -3.61. The minimum Gasteiger partial charge on any atom is -0.508 e. The van der Waals surface area contributed by atoms with Gasteiger partial charge >= 0.3 is 0 Å². The van der Waals surface area contributed by atoms with Crippen molar-refractivity contribution in [3.63, 3.8) is 0 Å². The average molecular weight is 520 g/mol. The Kier molecular flexibility index (Phi) is 10.5. The van der Waals surface area contributed by atoms with Crippen molar-refractivity contribution in [2.75, 3.05) is 13.6 Å². The zero-order valence-corrected chi connectivity index (χ0v) is 23.1. The van der Waals surface area contributed by atoms with Crippen LogP contribution >= 0.6 is 0 Å². The lowest BCUT2D eigenvalue weighted by Gasteiger charge is -2.25. The van der Waals surface area contributed by atoms with Crippen molar-refractivity contribution in [2.45, 2.75) is 78.2 Å². The van der Waals surface area contributed by atoms with E-state index in [2.05, 4.69) is 19.2 Å². The van der Waals surface area contributed by atoms with Crippen LogP contribution in [0.4, 0.5) is 0 Å². The second kappa shape index (κ2) is 13.8. The van der Waals surface area contributed by atoms with E-state index in [1.807, 2.05) is 25.1 Å². The molecule has 0 aliphatic heterocycles. The first-order valence-electron chi connectivity index (χ1n) is 13.7. The quantitative estimate of drug-likeness (QED) is 0.288. The number of carbonyl (C=O) groups excluding carboxylic acids is 3. The number of hydrogen-bond acceptors (Lipinski definition) is 4. The smallest absolute Gasteiger partial charge is 0.262 e. The third-order valence-electron chi connectivity index (χ3n) is 7.08. The number of phenols is 1. The Morgan fingerprint density at radius 2 is 1.68 bits per heavy atom. The number of amides is 2. The largest absolute Gasteiger partial charge is 0.508 e. The molecular formula is C31H41N3O4. The summed E-state index contributed by atoms with van der Waals surface area (Å²) in [6.07, 6.45) is 6.57. The second-order valence-corrected chi connectivity index (χ2v) is 10.0. The van der Waals surface area contributed by atoms with Crippen LogP contribution in [0.25, 0.3) is 10.9 Å². The van der Waals surface area contributed by atoms with Gasteiger partial charge in [-0.2, -0.15) is 0 Å². The number of hydrogen-bond donors (Lipinski definition) is 2. The van der Waals surface area contributed by atoms with Crippen molar-refractivity contribution >= 4 is 28.6 Å². The number of unbranched alkanes of at least 4 members (excludes halogenated alkanes) is 4. The van der Waals surface area contributed by atoms with E-state index in [1.165, 1.54) is 6.07 Å². The molecule has 2 N–H and O–H groups in total. The standard InChI is InChI=1S/C31H41N3O4/c1-5-7-9-13-16-27(31(38)33(4)19-8-6-2)32-29(36)21-25-22(3)34(28-18-17-24(35)20-26(25)28)30(37)23-14-11-10-12-15-23/h10-12,14-15,17-18,20,27,35H,5-9,13,16,19,21H2,1-4H3,(H,32,36). The van der Waals surface area contributed by atoms with Crippen molar-refractivity contribution in [1.29, 1.82) is 0 Å². The fourth-order valence-corrected chi connectivity index (χ4v) is 4.88. The number of aromatic nitrogens is 1. The molecule has 38 heavy (non-hydrogen) atoms. The molecule has 1 unspecified atom stereocenters. The lowest BCUT2D eigenvalue weighted by molar-refractivity contribution is -0.135. The van der Waals surface area contributed by atoms with Gasteiger partial charge in [0.1, 0.15) is 11.8 Å². The van der Waals surface area contributed by atoms with Crippen molar-refractivity contribution in [3.05, 3.63) is 65.4 Å². The number of fused-ring (bicyclic) bond motifs is 1. The summed E-state index contributed by atoms with van der Waals surface area (Å²) in [7, 11) is 1.79. The molecule has 1 heterocycles. The van der Waals surface area contributed by atoms with Gasteiger partial charge in [0.15, 0.2) is 0 Å². The Morgan fingerprint density at radius 3 is 2.37 bits per heavy atom. The summed E-state index contributed by atoms with van der Waals surface area (Å²) in [4.78, 5) is 41.7. The molecule has 3 rings (SSSR count). The number of nitrogens with zero attached hydrogens (tertiary/aromatic N) is 2. The van der Waals surface area contributed by atoms with E-state index in [1.54, 1.807) is 40.8 Å². The third-order valence-corrected chi connectivity index (χ3v) is 7.08.